The van der Waals surface area contributed by atoms with E-state index in [-0.39, 0.29) is 17.9 Å². The highest BCUT2D eigenvalue weighted by Gasteiger charge is 2.03. The van der Waals surface area contributed by atoms with Crippen LogP contribution >= 0.6 is 0 Å². The molecule has 0 aliphatic carbocycles. The second-order valence-corrected chi connectivity index (χ2v) is 2.08. The van der Waals surface area contributed by atoms with Gasteiger partial charge in [-0.15, -0.1) is 0 Å². The molecule has 56 valence electrons. The van der Waals surface area contributed by atoms with Gasteiger partial charge in [-0.2, -0.15) is 5.26 Å². The van der Waals surface area contributed by atoms with Crippen LogP contribution in [0.2, 0.25) is 0 Å². The first-order valence-corrected chi connectivity index (χ1v) is 3.11. The lowest BCUT2D eigenvalue weighted by Crippen LogP contribution is -1.86. The summed E-state index contributed by atoms with van der Waals surface area (Å²) in [7, 11) is 0. The van der Waals surface area contributed by atoms with Crippen molar-refractivity contribution in [2.45, 2.75) is 6.61 Å². The van der Waals surface area contributed by atoms with Crippen LogP contribution in [0.3, 0.4) is 0 Å². The van der Waals surface area contributed by atoms with Gasteiger partial charge in [0.1, 0.15) is 11.8 Å². The average molecular weight is 149 g/mol. The Balaban J connectivity index is 3.23. The SMILES string of the molecule is N#Cc1cccc(CO)c1O. The van der Waals surface area contributed by atoms with Crippen LogP contribution < -0.4 is 0 Å². The zero-order chi connectivity index (χ0) is 8.27. The monoisotopic (exact) mass is 149 g/mol. The Bertz CT molecular complexity index is 301. The number of nitriles is 1. The molecule has 2 N–H and O–H groups in total. The van der Waals surface area contributed by atoms with E-state index in [2.05, 4.69) is 0 Å². The molecule has 0 radical (unpaired) electrons. The molecule has 3 nitrogen and oxygen atoms in total. The summed E-state index contributed by atoms with van der Waals surface area (Å²) in [5.74, 6) is -0.127. The molecule has 0 unspecified atom stereocenters. The quantitative estimate of drug-likeness (QED) is 0.619. The Morgan fingerprint density at radius 3 is 2.73 bits per heavy atom. The highest BCUT2D eigenvalue weighted by Crippen LogP contribution is 2.20. The molecule has 0 bridgehead atoms. The van der Waals surface area contributed by atoms with Gasteiger partial charge in [-0.25, -0.2) is 0 Å². The van der Waals surface area contributed by atoms with Gasteiger partial charge < -0.3 is 10.2 Å². The molecule has 0 aliphatic heterocycles. The Hall–Kier alpha value is -1.53. The number of aliphatic hydroxyl groups is 1. The fourth-order valence-corrected chi connectivity index (χ4v) is 0.809. The van der Waals surface area contributed by atoms with Gasteiger partial charge >= 0.3 is 0 Å². The summed E-state index contributed by atoms with van der Waals surface area (Å²) >= 11 is 0. The number of rotatable bonds is 1. The maximum absolute atomic E-state index is 9.21. The van der Waals surface area contributed by atoms with Gasteiger partial charge in [0, 0.05) is 5.56 Å². The summed E-state index contributed by atoms with van der Waals surface area (Å²) in [6, 6.07) is 6.48. The third-order valence-electron chi connectivity index (χ3n) is 1.41. The largest absolute Gasteiger partial charge is 0.506 e. The second kappa shape index (κ2) is 3.04. The van der Waals surface area contributed by atoms with Gasteiger partial charge in [0.15, 0.2) is 0 Å². The molecular weight excluding hydrogens is 142 g/mol. The van der Waals surface area contributed by atoms with Crippen LogP contribution in [0.4, 0.5) is 0 Å². The molecule has 1 aromatic carbocycles. The molecular formula is C8H7NO2. The molecule has 3 heteroatoms. The number of para-hydroxylation sites is 1. The Kier molecular flexibility index (Phi) is 2.09. The number of hydrogen-bond donors (Lipinski definition) is 2. The summed E-state index contributed by atoms with van der Waals surface area (Å²) < 4.78 is 0. The molecule has 0 atom stereocenters. The minimum absolute atomic E-state index is 0.127. The molecule has 0 fully saturated rings. The molecule has 0 aliphatic rings. The van der Waals surface area contributed by atoms with Gasteiger partial charge in [-0.3, -0.25) is 0 Å². The van der Waals surface area contributed by atoms with Crippen molar-refractivity contribution in [1.29, 1.82) is 5.26 Å². The van der Waals surface area contributed by atoms with E-state index in [1.54, 1.807) is 12.1 Å². The topological polar surface area (TPSA) is 64.2 Å². The van der Waals surface area contributed by atoms with Crippen molar-refractivity contribution < 1.29 is 10.2 Å². The van der Waals surface area contributed by atoms with Crippen LogP contribution in [0, 0.1) is 11.3 Å². The predicted octanol–water partition coefficient (Wildman–Crippen LogP) is 0.756. The number of aromatic hydroxyl groups is 1. The molecule has 0 saturated carbocycles. The van der Waals surface area contributed by atoms with Crippen molar-refractivity contribution in [1.82, 2.24) is 0 Å². The third-order valence-corrected chi connectivity index (χ3v) is 1.41. The first kappa shape index (κ1) is 7.58. The lowest BCUT2D eigenvalue weighted by atomic mass is 10.1. The van der Waals surface area contributed by atoms with Gasteiger partial charge in [0.2, 0.25) is 0 Å². The van der Waals surface area contributed by atoms with E-state index in [0.717, 1.165) is 0 Å². The summed E-state index contributed by atoms with van der Waals surface area (Å²) in [5.41, 5.74) is 0.570. The van der Waals surface area contributed by atoms with Crippen LogP contribution in [0.1, 0.15) is 11.1 Å². The number of phenols is 1. The fraction of sp³-hybridized carbons (Fsp3) is 0.125. The summed E-state index contributed by atoms with van der Waals surface area (Å²) in [6.45, 7) is -0.249. The van der Waals surface area contributed by atoms with Gasteiger partial charge in [0.05, 0.1) is 12.2 Å². The van der Waals surface area contributed by atoms with Crippen molar-refractivity contribution in [3.05, 3.63) is 29.3 Å². The Labute approximate surface area is 64.1 Å². The maximum Gasteiger partial charge on any atom is 0.138 e. The molecule has 0 saturated heterocycles. The zero-order valence-electron chi connectivity index (χ0n) is 5.78. The predicted molar refractivity (Wildman–Crippen MR) is 38.7 cm³/mol. The molecule has 0 aromatic heterocycles. The smallest absolute Gasteiger partial charge is 0.138 e. The van der Waals surface area contributed by atoms with Crippen molar-refractivity contribution in [2.24, 2.45) is 0 Å². The van der Waals surface area contributed by atoms with Gasteiger partial charge in [-0.05, 0) is 6.07 Å². The van der Waals surface area contributed by atoms with Crippen molar-refractivity contribution in [3.8, 4) is 11.8 Å². The minimum Gasteiger partial charge on any atom is -0.506 e. The number of benzene rings is 1. The molecule has 0 amide bonds. The summed E-state index contributed by atoms with van der Waals surface area (Å²) in [4.78, 5) is 0. The van der Waals surface area contributed by atoms with Crippen LogP contribution in [-0.4, -0.2) is 10.2 Å². The van der Waals surface area contributed by atoms with Crippen molar-refractivity contribution in [2.75, 3.05) is 0 Å². The van der Waals surface area contributed by atoms with E-state index in [4.69, 9.17) is 10.4 Å². The van der Waals surface area contributed by atoms with E-state index in [1.807, 2.05) is 6.07 Å². The number of nitrogens with zero attached hydrogens (tertiary/aromatic N) is 1. The standard InChI is InChI=1S/C8H7NO2/c9-4-6-2-1-3-7(5-10)8(6)11/h1-3,10-11H,5H2. The molecule has 0 heterocycles. The first-order chi connectivity index (χ1) is 5.29. The van der Waals surface area contributed by atoms with Gasteiger partial charge in [0.25, 0.3) is 0 Å². The maximum atomic E-state index is 9.21. The molecule has 1 aromatic rings. The van der Waals surface area contributed by atoms with Crippen molar-refractivity contribution in [3.63, 3.8) is 0 Å². The van der Waals surface area contributed by atoms with E-state index in [1.165, 1.54) is 6.07 Å². The van der Waals surface area contributed by atoms with Crippen molar-refractivity contribution >= 4 is 0 Å². The van der Waals surface area contributed by atoms with Gasteiger partial charge in [-0.1, -0.05) is 12.1 Å². The Morgan fingerprint density at radius 1 is 1.45 bits per heavy atom. The van der Waals surface area contributed by atoms with Crippen LogP contribution in [-0.2, 0) is 6.61 Å². The Morgan fingerprint density at radius 2 is 2.18 bits per heavy atom. The highest BCUT2D eigenvalue weighted by atomic mass is 16.3. The number of aliphatic hydroxyl groups excluding tert-OH is 1. The first-order valence-electron chi connectivity index (χ1n) is 3.11. The molecule has 1 rings (SSSR count). The highest BCUT2D eigenvalue weighted by molar-refractivity contribution is 5.46. The van der Waals surface area contributed by atoms with Crippen LogP contribution in [0.25, 0.3) is 0 Å². The van der Waals surface area contributed by atoms with E-state index >= 15 is 0 Å². The summed E-state index contributed by atoms with van der Waals surface area (Å²) in [6.07, 6.45) is 0. The van der Waals surface area contributed by atoms with Crippen LogP contribution in [0.5, 0.6) is 5.75 Å². The molecule has 11 heavy (non-hydrogen) atoms. The van der Waals surface area contributed by atoms with E-state index in [0.29, 0.717) is 5.56 Å². The minimum atomic E-state index is -0.249. The third kappa shape index (κ3) is 1.31. The lowest BCUT2D eigenvalue weighted by molar-refractivity contribution is 0.275. The van der Waals surface area contributed by atoms with E-state index in [9.17, 15) is 5.11 Å². The normalized spacial score (nSPS) is 9.09. The fourth-order valence-electron chi connectivity index (χ4n) is 0.809. The lowest BCUT2D eigenvalue weighted by Gasteiger charge is -2.00. The number of hydrogen-bond acceptors (Lipinski definition) is 3. The molecule has 0 spiro atoms. The van der Waals surface area contributed by atoms with E-state index < -0.39 is 0 Å². The average Bonchev–Trinajstić information content (AvgIpc) is 2.05. The van der Waals surface area contributed by atoms with Crippen LogP contribution in [0.15, 0.2) is 18.2 Å². The second-order valence-electron chi connectivity index (χ2n) is 2.08. The zero-order valence-corrected chi connectivity index (χ0v) is 5.78. The summed E-state index contributed by atoms with van der Waals surface area (Å²) in [5, 5.41) is 26.3.